The lowest BCUT2D eigenvalue weighted by Crippen LogP contribution is -2.40. The summed E-state index contributed by atoms with van der Waals surface area (Å²) in [4.78, 5) is 4.42. The van der Waals surface area contributed by atoms with Gasteiger partial charge in [-0.1, -0.05) is 37.3 Å². The van der Waals surface area contributed by atoms with Crippen LogP contribution in [0.2, 0.25) is 0 Å². The highest BCUT2D eigenvalue weighted by molar-refractivity contribution is 5.39. The Bertz CT molecular complexity index is 733. The molecule has 0 amide bonds. The molecule has 0 aliphatic heterocycles. The van der Waals surface area contributed by atoms with Crippen LogP contribution in [0.4, 0.5) is 0 Å². The third-order valence-electron chi connectivity index (χ3n) is 4.76. The van der Waals surface area contributed by atoms with Crippen molar-refractivity contribution in [2.75, 3.05) is 6.54 Å². The third-order valence-corrected chi connectivity index (χ3v) is 4.76. The maximum atomic E-state index is 9.32. The highest BCUT2D eigenvalue weighted by Crippen LogP contribution is 2.28. The number of rotatable bonds is 7. The van der Waals surface area contributed by atoms with E-state index in [-0.39, 0.29) is 6.10 Å². The van der Waals surface area contributed by atoms with Crippen molar-refractivity contribution < 1.29 is 4.74 Å². The lowest BCUT2D eigenvalue weighted by molar-refractivity contribution is 0.174. The molecule has 3 rings (SSSR count). The summed E-state index contributed by atoms with van der Waals surface area (Å²) >= 11 is 0. The number of aromatic nitrogens is 1. The fourth-order valence-electron chi connectivity index (χ4n) is 3.29. The highest BCUT2D eigenvalue weighted by atomic mass is 16.5. The second-order valence-corrected chi connectivity index (χ2v) is 6.95. The number of hydrogen-bond donors (Lipinski definition) is 1. The summed E-state index contributed by atoms with van der Waals surface area (Å²) in [5.74, 6) is 1.27. The summed E-state index contributed by atoms with van der Waals surface area (Å²) in [6, 6.07) is 16.6. The first-order chi connectivity index (χ1) is 12.2. The number of benzene rings is 1. The molecule has 0 radical (unpaired) electrons. The van der Waals surface area contributed by atoms with Crippen LogP contribution in [0.5, 0.6) is 5.88 Å². The number of pyridine rings is 1. The quantitative estimate of drug-likeness (QED) is 0.825. The molecule has 0 bridgehead atoms. The largest absolute Gasteiger partial charge is 0.468 e. The van der Waals surface area contributed by atoms with Crippen molar-refractivity contribution in [1.29, 1.82) is 5.26 Å². The Morgan fingerprint density at radius 1 is 1.24 bits per heavy atom. The van der Waals surface area contributed by atoms with Gasteiger partial charge in [0.2, 0.25) is 5.88 Å². The van der Waals surface area contributed by atoms with Crippen molar-refractivity contribution >= 4 is 0 Å². The first-order valence-electron chi connectivity index (χ1n) is 8.98. The van der Waals surface area contributed by atoms with Crippen LogP contribution < -0.4 is 10.1 Å². The van der Waals surface area contributed by atoms with Crippen LogP contribution in [-0.4, -0.2) is 17.6 Å². The highest BCUT2D eigenvalue weighted by Gasteiger charge is 2.25. The van der Waals surface area contributed by atoms with Gasteiger partial charge in [-0.05, 0) is 49.9 Å². The minimum Gasteiger partial charge on any atom is -0.468 e. The Balaban J connectivity index is 1.70. The van der Waals surface area contributed by atoms with E-state index in [4.69, 9.17) is 4.74 Å². The van der Waals surface area contributed by atoms with E-state index in [0.29, 0.717) is 17.5 Å². The maximum Gasteiger partial charge on any atom is 0.232 e. The Hall–Kier alpha value is -2.38. The molecule has 1 saturated carbocycles. The predicted octanol–water partition coefficient (Wildman–Crippen LogP) is 4.16. The number of hydrogen-bond acceptors (Lipinski definition) is 4. The van der Waals surface area contributed by atoms with Gasteiger partial charge < -0.3 is 10.1 Å². The zero-order valence-electron chi connectivity index (χ0n) is 14.9. The second kappa shape index (κ2) is 8.13. The Morgan fingerprint density at radius 2 is 2.00 bits per heavy atom. The first-order valence-corrected chi connectivity index (χ1v) is 8.98. The molecule has 1 aromatic heterocycles. The van der Waals surface area contributed by atoms with Gasteiger partial charge >= 0.3 is 0 Å². The fraction of sp³-hybridized carbons (Fsp3) is 0.429. The van der Waals surface area contributed by atoms with E-state index in [1.54, 1.807) is 6.07 Å². The van der Waals surface area contributed by atoms with Gasteiger partial charge in [-0.3, -0.25) is 0 Å². The smallest absolute Gasteiger partial charge is 0.232 e. The zero-order chi connectivity index (χ0) is 17.6. The van der Waals surface area contributed by atoms with Gasteiger partial charge in [-0.15, -0.1) is 0 Å². The van der Waals surface area contributed by atoms with Crippen LogP contribution in [0.15, 0.2) is 42.5 Å². The van der Waals surface area contributed by atoms with E-state index in [9.17, 15) is 5.26 Å². The van der Waals surface area contributed by atoms with Crippen molar-refractivity contribution in [1.82, 2.24) is 10.3 Å². The van der Waals surface area contributed by atoms with Crippen molar-refractivity contribution in [3.05, 3.63) is 59.3 Å². The molecule has 2 aromatic rings. The van der Waals surface area contributed by atoms with Crippen LogP contribution in [0, 0.1) is 24.2 Å². The summed E-state index contributed by atoms with van der Waals surface area (Å²) in [7, 11) is 0. The number of ether oxygens (including phenoxy) is 1. The summed E-state index contributed by atoms with van der Waals surface area (Å²) in [6.07, 6.45) is 3.24. The number of aryl methyl sites for hydroxylation is 1. The van der Waals surface area contributed by atoms with Crippen LogP contribution >= 0.6 is 0 Å². The average molecular weight is 335 g/mol. The summed E-state index contributed by atoms with van der Waals surface area (Å²) in [5, 5.41) is 12.9. The van der Waals surface area contributed by atoms with Gasteiger partial charge in [0.1, 0.15) is 17.7 Å². The number of nitriles is 1. The number of nitrogens with zero attached hydrogens (tertiary/aromatic N) is 2. The lowest BCUT2D eigenvalue weighted by Gasteiger charge is -2.34. The van der Waals surface area contributed by atoms with Crippen molar-refractivity contribution in [3.8, 4) is 11.9 Å². The summed E-state index contributed by atoms with van der Waals surface area (Å²) < 4.78 is 6.18. The van der Waals surface area contributed by atoms with E-state index in [1.165, 1.54) is 12.8 Å². The molecule has 1 aliphatic carbocycles. The minimum absolute atomic E-state index is 0.118. The molecule has 1 fully saturated rings. The third kappa shape index (κ3) is 4.58. The molecular weight excluding hydrogens is 310 g/mol. The molecule has 0 unspecified atom stereocenters. The van der Waals surface area contributed by atoms with E-state index in [0.717, 1.165) is 30.1 Å². The van der Waals surface area contributed by atoms with Gasteiger partial charge in [0.05, 0.1) is 0 Å². The Morgan fingerprint density at radius 3 is 2.68 bits per heavy atom. The second-order valence-electron chi connectivity index (χ2n) is 6.95. The SMILES string of the molecule is Cc1ccc(C#N)c(O[C@H](CCNC2CC(C)C2)c2ccccc2)n1. The van der Waals surface area contributed by atoms with Crippen molar-refractivity contribution in [2.45, 2.75) is 45.3 Å². The topological polar surface area (TPSA) is 57.9 Å². The Labute approximate surface area is 149 Å². The molecule has 4 nitrogen and oxygen atoms in total. The summed E-state index contributed by atoms with van der Waals surface area (Å²) in [5.41, 5.74) is 2.44. The van der Waals surface area contributed by atoms with Crippen molar-refractivity contribution in [2.24, 2.45) is 5.92 Å². The van der Waals surface area contributed by atoms with E-state index >= 15 is 0 Å². The van der Waals surface area contributed by atoms with Gasteiger partial charge in [0.15, 0.2) is 0 Å². The van der Waals surface area contributed by atoms with Gasteiger partial charge in [0.25, 0.3) is 0 Å². The van der Waals surface area contributed by atoms with Crippen LogP contribution in [-0.2, 0) is 0 Å². The molecule has 130 valence electrons. The fourth-order valence-corrected chi connectivity index (χ4v) is 3.29. The van der Waals surface area contributed by atoms with Gasteiger partial charge in [-0.2, -0.15) is 5.26 Å². The summed E-state index contributed by atoms with van der Waals surface area (Å²) in [6.45, 7) is 5.09. The van der Waals surface area contributed by atoms with E-state index < -0.39 is 0 Å². The van der Waals surface area contributed by atoms with Crippen LogP contribution in [0.1, 0.15) is 49.1 Å². The molecule has 1 N–H and O–H groups in total. The minimum atomic E-state index is -0.118. The first kappa shape index (κ1) is 17.4. The van der Waals surface area contributed by atoms with Gasteiger partial charge in [-0.25, -0.2) is 4.98 Å². The average Bonchev–Trinajstić information content (AvgIpc) is 2.60. The molecule has 1 atom stereocenters. The monoisotopic (exact) mass is 335 g/mol. The molecule has 4 heteroatoms. The normalized spacial score (nSPS) is 20.4. The molecule has 0 saturated heterocycles. The number of nitrogens with one attached hydrogen (secondary N) is 1. The van der Waals surface area contributed by atoms with E-state index in [2.05, 4.69) is 35.4 Å². The molecule has 0 spiro atoms. The molecule has 1 aliphatic rings. The van der Waals surface area contributed by atoms with Crippen LogP contribution in [0.3, 0.4) is 0 Å². The molecule has 1 aromatic carbocycles. The Kier molecular flexibility index (Phi) is 5.67. The lowest BCUT2D eigenvalue weighted by atomic mass is 9.82. The zero-order valence-corrected chi connectivity index (χ0v) is 14.9. The molecular formula is C21H25N3O. The molecule has 1 heterocycles. The molecule has 25 heavy (non-hydrogen) atoms. The van der Waals surface area contributed by atoms with E-state index in [1.807, 2.05) is 31.2 Å². The maximum absolute atomic E-state index is 9.32. The predicted molar refractivity (Wildman–Crippen MR) is 98.3 cm³/mol. The van der Waals surface area contributed by atoms with Gasteiger partial charge in [0, 0.05) is 18.2 Å². The van der Waals surface area contributed by atoms with Crippen LogP contribution in [0.25, 0.3) is 0 Å². The standard InChI is InChI=1S/C21H25N3O/c1-15-12-19(13-15)23-11-10-20(17-6-4-3-5-7-17)25-21-18(14-22)9-8-16(2)24-21/h3-9,15,19-20,23H,10-13H2,1-2H3/t15?,19?,20-/m1/s1. The van der Waals surface area contributed by atoms with Crippen molar-refractivity contribution in [3.63, 3.8) is 0 Å².